The van der Waals surface area contributed by atoms with E-state index in [9.17, 15) is 4.79 Å². The van der Waals surface area contributed by atoms with E-state index < -0.39 is 0 Å². The Morgan fingerprint density at radius 1 is 1.61 bits per heavy atom. The summed E-state index contributed by atoms with van der Waals surface area (Å²) >= 11 is 0. The fraction of sp³-hybridized carbons (Fsp3) is 0.231. The molecule has 2 rings (SSSR count). The third kappa shape index (κ3) is 3.10. The molecule has 3 N–H and O–H groups in total. The second-order valence-electron chi connectivity index (χ2n) is 4.15. The monoisotopic (exact) mass is 244 g/mol. The molecule has 5 heteroatoms. The van der Waals surface area contributed by atoms with E-state index in [1.807, 2.05) is 25.4 Å². The lowest BCUT2D eigenvalue weighted by molar-refractivity contribution is -0.115. The molecule has 0 saturated carbocycles. The van der Waals surface area contributed by atoms with Crippen molar-refractivity contribution in [3.05, 3.63) is 47.6 Å². The quantitative estimate of drug-likeness (QED) is 0.781. The number of allylic oxidation sites excluding steroid dienone is 3. The maximum Gasteiger partial charge on any atom is 0.248 e. The largest absolute Gasteiger partial charge is 0.400 e. The van der Waals surface area contributed by atoms with Gasteiger partial charge in [-0.05, 0) is 25.0 Å². The summed E-state index contributed by atoms with van der Waals surface area (Å²) in [6.45, 7) is 0. The van der Waals surface area contributed by atoms with E-state index in [1.54, 1.807) is 17.0 Å². The first-order valence-electron chi connectivity index (χ1n) is 5.78. The highest BCUT2D eigenvalue weighted by molar-refractivity contribution is 5.93. The van der Waals surface area contributed by atoms with Crippen molar-refractivity contribution in [3.63, 3.8) is 0 Å². The molecular formula is C13H16N4O. The fourth-order valence-electron chi connectivity index (χ4n) is 1.68. The molecule has 5 nitrogen and oxygen atoms in total. The molecule has 1 aliphatic rings. The van der Waals surface area contributed by atoms with Crippen LogP contribution in [0, 0.1) is 0 Å². The zero-order valence-corrected chi connectivity index (χ0v) is 10.3. The van der Waals surface area contributed by atoms with Gasteiger partial charge in [-0.3, -0.25) is 9.48 Å². The molecule has 94 valence electrons. The normalized spacial score (nSPS) is 15.4. The summed E-state index contributed by atoms with van der Waals surface area (Å²) in [4.78, 5) is 11.7. The Morgan fingerprint density at radius 2 is 2.44 bits per heavy atom. The van der Waals surface area contributed by atoms with Gasteiger partial charge >= 0.3 is 0 Å². The number of hydrogen-bond donors (Lipinski definition) is 2. The minimum absolute atomic E-state index is 0.191. The van der Waals surface area contributed by atoms with Crippen molar-refractivity contribution in [2.24, 2.45) is 12.8 Å². The second kappa shape index (κ2) is 5.35. The van der Waals surface area contributed by atoms with Gasteiger partial charge in [0, 0.05) is 30.6 Å². The molecule has 0 aliphatic heterocycles. The molecule has 0 fully saturated rings. The molecule has 0 radical (unpaired) electrons. The first-order chi connectivity index (χ1) is 8.65. The Bertz CT molecular complexity index is 537. The summed E-state index contributed by atoms with van der Waals surface area (Å²) in [6, 6.07) is 0. The third-order valence-corrected chi connectivity index (χ3v) is 2.62. The average Bonchev–Trinajstić information content (AvgIpc) is 2.76. The molecule has 1 aromatic rings. The number of rotatable bonds is 3. The Balaban J connectivity index is 1.97. The number of carbonyl (C=O) groups excluding carboxylic acids is 1. The molecule has 1 amide bonds. The van der Waals surface area contributed by atoms with Crippen LogP contribution >= 0.6 is 0 Å². The van der Waals surface area contributed by atoms with Crippen LogP contribution in [0.4, 0.5) is 0 Å². The van der Waals surface area contributed by atoms with E-state index in [1.165, 1.54) is 6.08 Å². The predicted molar refractivity (Wildman–Crippen MR) is 70.0 cm³/mol. The van der Waals surface area contributed by atoms with Crippen LogP contribution < -0.4 is 11.1 Å². The van der Waals surface area contributed by atoms with E-state index in [4.69, 9.17) is 5.73 Å². The summed E-state index contributed by atoms with van der Waals surface area (Å²) < 4.78 is 1.68. The van der Waals surface area contributed by atoms with Gasteiger partial charge in [0.05, 0.1) is 11.9 Å². The maximum atomic E-state index is 11.7. The highest BCUT2D eigenvalue weighted by Gasteiger charge is 2.06. The zero-order chi connectivity index (χ0) is 13.0. The first kappa shape index (κ1) is 12.2. The van der Waals surface area contributed by atoms with Gasteiger partial charge in [-0.25, -0.2) is 0 Å². The van der Waals surface area contributed by atoms with Crippen LogP contribution in [0.5, 0.6) is 0 Å². The number of hydrogen-bond acceptors (Lipinski definition) is 3. The molecule has 18 heavy (non-hydrogen) atoms. The van der Waals surface area contributed by atoms with Crippen LogP contribution in [0.2, 0.25) is 0 Å². The van der Waals surface area contributed by atoms with Crippen molar-refractivity contribution in [3.8, 4) is 0 Å². The summed E-state index contributed by atoms with van der Waals surface area (Å²) in [7, 11) is 1.83. The predicted octanol–water partition coefficient (Wildman–Crippen LogP) is 1.07. The Labute approximate surface area is 106 Å². The molecule has 0 unspecified atom stereocenters. The number of nitrogens with one attached hydrogen (secondary N) is 1. The maximum absolute atomic E-state index is 11.7. The van der Waals surface area contributed by atoms with E-state index in [0.29, 0.717) is 5.70 Å². The zero-order valence-electron chi connectivity index (χ0n) is 10.3. The highest BCUT2D eigenvalue weighted by atomic mass is 16.1. The standard InChI is InChI=1S/C13H16N4O/c1-17-9-10(8-15-17)6-7-13(18)16-12-5-3-2-4-11(12)14/h3,5-9H,2,4,14H2,1H3,(H,16,18)/b7-6+. The second-order valence-corrected chi connectivity index (χ2v) is 4.15. The fourth-order valence-corrected chi connectivity index (χ4v) is 1.68. The van der Waals surface area contributed by atoms with Crippen molar-refractivity contribution < 1.29 is 4.79 Å². The third-order valence-electron chi connectivity index (χ3n) is 2.62. The van der Waals surface area contributed by atoms with Gasteiger partial charge in [-0.2, -0.15) is 5.10 Å². The molecule has 0 bridgehead atoms. The molecule has 1 aliphatic carbocycles. The van der Waals surface area contributed by atoms with Crippen LogP contribution in [0.25, 0.3) is 6.08 Å². The van der Waals surface area contributed by atoms with Gasteiger partial charge in [-0.1, -0.05) is 6.08 Å². The van der Waals surface area contributed by atoms with E-state index in [0.717, 1.165) is 24.1 Å². The van der Waals surface area contributed by atoms with Crippen LogP contribution in [-0.2, 0) is 11.8 Å². The number of aryl methyl sites for hydroxylation is 1. The lowest BCUT2D eigenvalue weighted by Gasteiger charge is -2.11. The van der Waals surface area contributed by atoms with Crippen molar-refractivity contribution in [2.75, 3.05) is 0 Å². The molecule has 0 spiro atoms. The summed E-state index contributed by atoms with van der Waals surface area (Å²) in [5.41, 5.74) is 8.12. The molecule has 0 atom stereocenters. The lowest BCUT2D eigenvalue weighted by atomic mass is 10.1. The highest BCUT2D eigenvalue weighted by Crippen LogP contribution is 2.12. The van der Waals surface area contributed by atoms with E-state index in [-0.39, 0.29) is 5.91 Å². The number of aromatic nitrogens is 2. The van der Waals surface area contributed by atoms with E-state index in [2.05, 4.69) is 10.4 Å². The van der Waals surface area contributed by atoms with Crippen molar-refractivity contribution in [2.45, 2.75) is 12.8 Å². The number of carbonyl (C=O) groups is 1. The van der Waals surface area contributed by atoms with Gasteiger partial charge in [-0.15, -0.1) is 0 Å². The molecular weight excluding hydrogens is 228 g/mol. The summed E-state index contributed by atoms with van der Waals surface area (Å²) in [5.74, 6) is -0.191. The summed E-state index contributed by atoms with van der Waals surface area (Å²) in [6.07, 6.45) is 12.3. The van der Waals surface area contributed by atoms with Gasteiger partial charge in [0.1, 0.15) is 0 Å². The average molecular weight is 244 g/mol. The number of nitrogens with zero attached hydrogens (tertiary/aromatic N) is 2. The Morgan fingerprint density at radius 3 is 3.11 bits per heavy atom. The van der Waals surface area contributed by atoms with Gasteiger partial charge in [0.2, 0.25) is 5.91 Å². The van der Waals surface area contributed by atoms with E-state index >= 15 is 0 Å². The lowest BCUT2D eigenvalue weighted by Crippen LogP contribution is -2.23. The van der Waals surface area contributed by atoms with Gasteiger partial charge in [0.15, 0.2) is 0 Å². The van der Waals surface area contributed by atoms with Crippen LogP contribution in [-0.4, -0.2) is 15.7 Å². The van der Waals surface area contributed by atoms with Crippen LogP contribution in [0.1, 0.15) is 18.4 Å². The van der Waals surface area contributed by atoms with Crippen LogP contribution in [0.15, 0.2) is 42.0 Å². The molecule has 0 aromatic carbocycles. The van der Waals surface area contributed by atoms with Crippen molar-refractivity contribution in [1.29, 1.82) is 0 Å². The molecule has 1 aromatic heterocycles. The van der Waals surface area contributed by atoms with Gasteiger partial charge < -0.3 is 11.1 Å². The van der Waals surface area contributed by atoms with Gasteiger partial charge in [0.25, 0.3) is 0 Å². The molecule has 1 heterocycles. The minimum Gasteiger partial charge on any atom is -0.400 e. The number of amides is 1. The Kier molecular flexibility index (Phi) is 3.62. The summed E-state index contributed by atoms with van der Waals surface area (Å²) in [5, 5.41) is 6.78. The minimum atomic E-state index is -0.191. The van der Waals surface area contributed by atoms with Crippen molar-refractivity contribution in [1.82, 2.24) is 15.1 Å². The van der Waals surface area contributed by atoms with Crippen molar-refractivity contribution >= 4 is 12.0 Å². The smallest absolute Gasteiger partial charge is 0.248 e. The SMILES string of the molecule is Cn1cc(/C=C/C(=O)NC2=C(N)CCC=C2)cn1. The molecule has 0 saturated heterocycles. The first-order valence-corrected chi connectivity index (χ1v) is 5.78. The number of nitrogens with two attached hydrogens (primary N) is 1. The Hall–Kier alpha value is -2.30. The van der Waals surface area contributed by atoms with Crippen LogP contribution in [0.3, 0.4) is 0 Å². The topological polar surface area (TPSA) is 72.9 Å².